The Kier molecular flexibility index (Phi) is 5.68. The number of anilines is 2. The molecule has 0 spiro atoms. The van der Waals surface area contributed by atoms with Crippen molar-refractivity contribution in [2.45, 2.75) is 6.92 Å². The first-order chi connectivity index (χ1) is 11.6. The lowest BCUT2D eigenvalue weighted by Gasteiger charge is -2.22. The number of hydrogen-bond donors (Lipinski definition) is 1. The molecule has 0 bridgehead atoms. The molecule has 2 aromatic carbocycles. The van der Waals surface area contributed by atoms with Gasteiger partial charge in [-0.05, 0) is 31.2 Å². The van der Waals surface area contributed by atoms with Crippen molar-refractivity contribution in [1.82, 2.24) is 0 Å². The fourth-order valence-electron chi connectivity index (χ4n) is 2.24. The van der Waals surface area contributed by atoms with Gasteiger partial charge in [-0.15, -0.1) is 0 Å². The minimum Gasteiger partial charge on any atom is -0.465 e. The molecule has 2 rings (SSSR count). The average molecular weight is 326 g/mol. The predicted octanol–water partition coefficient (Wildman–Crippen LogP) is 2.46. The summed E-state index contributed by atoms with van der Waals surface area (Å²) in [6.07, 6.45) is 0. The smallest absolute Gasteiger partial charge is 0.339 e. The van der Waals surface area contributed by atoms with E-state index in [0.717, 1.165) is 0 Å². The first kappa shape index (κ1) is 17.2. The minimum absolute atomic E-state index is 0.225. The van der Waals surface area contributed by atoms with Gasteiger partial charge >= 0.3 is 17.8 Å². The molecule has 2 amide bonds. The van der Waals surface area contributed by atoms with Crippen LogP contribution in [0.2, 0.25) is 0 Å². The molecule has 2 aromatic rings. The Balaban J connectivity index is 2.26. The van der Waals surface area contributed by atoms with E-state index in [0.29, 0.717) is 11.4 Å². The standard InChI is InChI=1S/C18H18N2O4/c1-3-20(15-12-8-7-11-14(15)18(23)24-2)17(22)16(21)19-13-9-5-4-6-10-13/h4-12H,3H2,1-2H3,(H,19,21). The number of para-hydroxylation sites is 2. The Morgan fingerprint density at radius 2 is 1.62 bits per heavy atom. The first-order valence-corrected chi connectivity index (χ1v) is 7.43. The normalized spacial score (nSPS) is 9.92. The zero-order chi connectivity index (χ0) is 17.5. The number of likely N-dealkylation sites (N-methyl/N-ethyl adjacent to an activating group) is 1. The second-order valence-electron chi connectivity index (χ2n) is 4.88. The fourth-order valence-corrected chi connectivity index (χ4v) is 2.24. The number of rotatable bonds is 4. The summed E-state index contributed by atoms with van der Waals surface area (Å²) < 4.78 is 4.73. The number of nitrogens with one attached hydrogen (secondary N) is 1. The number of benzene rings is 2. The molecule has 0 saturated carbocycles. The van der Waals surface area contributed by atoms with Crippen molar-refractivity contribution in [2.75, 3.05) is 23.9 Å². The van der Waals surface area contributed by atoms with Gasteiger partial charge in [0.1, 0.15) is 0 Å². The summed E-state index contributed by atoms with van der Waals surface area (Å²) in [7, 11) is 1.26. The summed E-state index contributed by atoms with van der Waals surface area (Å²) in [6, 6.07) is 15.2. The molecule has 0 fully saturated rings. The molecule has 0 saturated heterocycles. The number of esters is 1. The van der Waals surface area contributed by atoms with Crippen molar-refractivity contribution in [3.05, 3.63) is 60.2 Å². The highest BCUT2D eigenvalue weighted by atomic mass is 16.5. The molecule has 0 aromatic heterocycles. The largest absolute Gasteiger partial charge is 0.465 e. The molecular weight excluding hydrogens is 308 g/mol. The molecule has 124 valence electrons. The Morgan fingerprint density at radius 1 is 1.00 bits per heavy atom. The van der Waals surface area contributed by atoms with E-state index in [1.807, 2.05) is 6.07 Å². The summed E-state index contributed by atoms with van der Waals surface area (Å²) in [4.78, 5) is 37.8. The van der Waals surface area contributed by atoms with Crippen LogP contribution in [0.3, 0.4) is 0 Å². The van der Waals surface area contributed by atoms with Gasteiger partial charge in [0, 0.05) is 12.2 Å². The molecule has 0 radical (unpaired) electrons. The van der Waals surface area contributed by atoms with Gasteiger partial charge in [0.25, 0.3) is 0 Å². The lowest BCUT2D eigenvalue weighted by atomic mass is 10.1. The van der Waals surface area contributed by atoms with Gasteiger partial charge in [-0.1, -0.05) is 30.3 Å². The van der Waals surface area contributed by atoms with E-state index in [-0.39, 0.29) is 12.1 Å². The van der Waals surface area contributed by atoms with Crippen LogP contribution in [0.5, 0.6) is 0 Å². The van der Waals surface area contributed by atoms with Crippen LogP contribution < -0.4 is 10.2 Å². The van der Waals surface area contributed by atoms with Crippen LogP contribution in [0, 0.1) is 0 Å². The van der Waals surface area contributed by atoms with Gasteiger partial charge in [0.2, 0.25) is 0 Å². The summed E-state index contributed by atoms with van der Waals surface area (Å²) in [5, 5.41) is 2.54. The molecular formula is C18H18N2O4. The van der Waals surface area contributed by atoms with Crippen molar-refractivity contribution >= 4 is 29.2 Å². The third kappa shape index (κ3) is 3.78. The maximum Gasteiger partial charge on any atom is 0.339 e. The molecule has 0 unspecified atom stereocenters. The Bertz CT molecular complexity index is 744. The number of ether oxygens (including phenoxy) is 1. The Labute approximate surface area is 140 Å². The lowest BCUT2D eigenvalue weighted by molar-refractivity contribution is -0.134. The summed E-state index contributed by atoms with van der Waals surface area (Å²) in [6.45, 7) is 1.96. The average Bonchev–Trinajstić information content (AvgIpc) is 2.62. The number of amides is 2. The molecule has 0 aliphatic carbocycles. The number of methoxy groups -OCH3 is 1. The van der Waals surface area contributed by atoms with Crippen LogP contribution in [0.25, 0.3) is 0 Å². The molecule has 0 atom stereocenters. The van der Waals surface area contributed by atoms with Crippen LogP contribution in [0.4, 0.5) is 11.4 Å². The van der Waals surface area contributed by atoms with Crippen molar-refractivity contribution in [2.24, 2.45) is 0 Å². The van der Waals surface area contributed by atoms with E-state index < -0.39 is 17.8 Å². The second-order valence-corrected chi connectivity index (χ2v) is 4.88. The second kappa shape index (κ2) is 7.92. The first-order valence-electron chi connectivity index (χ1n) is 7.43. The van der Waals surface area contributed by atoms with Crippen molar-refractivity contribution < 1.29 is 19.1 Å². The zero-order valence-corrected chi connectivity index (χ0v) is 13.5. The summed E-state index contributed by atoms with van der Waals surface area (Å²) in [5.74, 6) is -2.10. The predicted molar refractivity (Wildman–Crippen MR) is 90.9 cm³/mol. The van der Waals surface area contributed by atoms with Gasteiger partial charge in [0.05, 0.1) is 18.4 Å². The quantitative estimate of drug-likeness (QED) is 0.692. The molecule has 24 heavy (non-hydrogen) atoms. The van der Waals surface area contributed by atoms with E-state index in [2.05, 4.69) is 5.32 Å². The minimum atomic E-state index is -0.775. The lowest BCUT2D eigenvalue weighted by Crippen LogP contribution is -2.40. The van der Waals surface area contributed by atoms with Crippen LogP contribution in [0.15, 0.2) is 54.6 Å². The van der Waals surface area contributed by atoms with Crippen molar-refractivity contribution in [3.63, 3.8) is 0 Å². The number of carbonyl (C=O) groups is 3. The number of hydrogen-bond acceptors (Lipinski definition) is 4. The summed E-state index contributed by atoms with van der Waals surface area (Å²) in [5.41, 5.74) is 1.08. The topological polar surface area (TPSA) is 75.7 Å². The van der Waals surface area contributed by atoms with Crippen LogP contribution in [-0.4, -0.2) is 31.4 Å². The molecule has 6 heteroatoms. The maximum atomic E-state index is 12.5. The zero-order valence-electron chi connectivity index (χ0n) is 13.5. The van der Waals surface area contributed by atoms with E-state index >= 15 is 0 Å². The third-order valence-electron chi connectivity index (χ3n) is 3.39. The highest BCUT2D eigenvalue weighted by Gasteiger charge is 2.25. The van der Waals surface area contributed by atoms with Gasteiger partial charge < -0.3 is 15.0 Å². The van der Waals surface area contributed by atoms with Crippen LogP contribution in [-0.2, 0) is 14.3 Å². The van der Waals surface area contributed by atoms with Crippen LogP contribution in [0.1, 0.15) is 17.3 Å². The molecule has 6 nitrogen and oxygen atoms in total. The summed E-state index contributed by atoms with van der Waals surface area (Å²) >= 11 is 0. The van der Waals surface area contributed by atoms with Crippen molar-refractivity contribution in [1.29, 1.82) is 0 Å². The van der Waals surface area contributed by atoms with Gasteiger partial charge in [-0.3, -0.25) is 9.59 Å². The van der Waals surface area contributed by atoms with E-state index in [9.17, 15) is 14.4 Å². The fraction of sp³-hybridized carbons (Fsp3) is 0.167. The molecule has 0 aliphatic heterocycles. The maximum absolute atomic E-state index is 12.5. The third-order valence-corrected chi connectivity index (χ3v) is 3.39. The van der Waals surface area contributed by atoms with Gasteiger partial charge in [-0.25, -0.2) is 4.79 Å². The highest BCUT2D eigenvalue weighted by Crippen LogP contribution is 2.21. The van der Waals surface area contributed by atoms with E-state index in [4.69, 9.17) is 4.74 Å². The highest BCUT2D eigenvalue weighted by molar-refractivity contribution is 6.44. The Hall–Kier alpha value is -3.15. The number of nitrogens with zero attached hydrogens (tertiary/aromatic N) is 1. The van der Waals surface area contributed by atoms with Gasteiger partial charge in [-0.2, -0.15) is 0 Å². The van der Waals surface area contributed by atoms with E-state index in [1.165, 1.54) is 12.0 Å². The molecule has 0 heterocycles. The molecule has 1 N–H and O–H groups in total. The monoisotopic (exact) mass is 326 g/mol. The number of carbonyl (C=O) groups excluding carboxylic acids is 3. The van der Waals surface area contributed by atoms with Crippen LogP contribution >= 0.6 is 0 Å². The van der Waals surface area contributed by atoms with Crippen molar-refractivity contribution in [3.8, 4) is 0 Å². The van der Waals surface area contributed by atoms with Gasteiger partial charge in [0.15, 0.2) is 0 Å². The van der Waals surface area contributed by atoms with E-state index in [1.54, 1.807) is 55.5 Å². The SMILES string of the molecule is CCN(C(=O)C(=O)Nc1ccccc1)c1ccccc1C(=O)OC. The molecule has 0 aliphatic rings. The Morgan fingerprint density at radius 3 is 2.25 bits per heavy atom.